The van der Waals surface area contributed by atoms with Gasteiger partial charge in [-0.25, -0.2) is 12.8 Å². The first-order valence-electron chi connectivity index (χ1n) is 9.43. The Kier molecular flexibility index (Phi) is 7.65. The molecule has 0 radical (unpaired) electrons. The van der Waals surface area contributed by atoms with Crippen LogP contribution in [0, 0.1) is 12.7 Å². The molecule has 1 aliphatic rings. The Bertz CT molecular complexity index is 1050. The summed E-state index contributed by atoms with van der Waals surface area (Å²) in [7, 11) is -4.11. The number of carbonyl (C=O) groups excluding carboxylic acids is 2. The van der Waals surface area contributed by atoms with Crippen molar-refractivity contribution in [1.82, 2.24) is 15.2 Å². The summed E-state index contributed by atoms with van der Waals surface area (Å²) >= 11 is 1.30. The summed E-state index contributed by atoms with van der Waals surface area (Å²) in [6.07, 6.45) is 0. The number of hydrogen-bond donors (Lipinski definition) is 2. The average molecular weight is 468 g/mol. The third-order valence-corrected chi connectivity index (χ3v) is 7.41. The molecule has 2 N–H and O–H groups in total. The topological polar surface area (TPSA) is 105 Å². The van der Waals surface area contributed by atoms with Crippen molar-refractivity contribution in [3.05, 3.63) is 59.4 Å². The lowest BCUT2D eigenvalue weighted by molar-refractivity contribution is -0.119. The third-order valence-electron chi connectivity index (χ3n) is 4.49. The Hall–Kier alpha value is -2.47. The van der Waals surface area contributed by atoms with Gasteiger partial charge in [-0.1, -0.05) is 17.7 Å². The van der Waals surface area contributed by atoms with E-state index in [-0.39, 0.29) is 37.6 Å². The summed E-state index contributed by atoms with van der Waals surface area (Å²) in [6, 6.07) is 10.7. The predicted octanol–water partition coefficient (Wildman–Crippen LogP) is 1.71. The lowest BCUT2D eigenvalue weighted by Crippen LogP contribution is -2.43. The minimum absolute atomic E-state index is 0.0728. The molecule has 31 heavy (non-hydrogen) atoms. The van der Waals surface area contributed by atoms with Gasteiger partial charge < -0.3 is 4.74 Å². The molecule has 2 aromatic rings. The number of nitrogens with one attached hydrogen (secondary N) is 2. The number of benzene rings is 2. The highest BCUT2D eigenvalue weighted by atomic mass is 32.2. The van der Waals surface area contributed by atoms with Crippen molar-refractivity contribution in [2.45, 2.75) is 16.7 Å². The van der Waals surface area contributed by atoms with Crippen LogP contribution in [0.1, 0.15) is 15.9 Å². The summed E-state index contributed by atoms with van der Waals surface area (Å²) in [6.45, 7) is 2.60. The molecule has 166 valence electrons. The van der Waals surface area contributed by atoms with E-state index >= 15 is 0 Å². The lowest BCUT2D eigenvalue weighted by Gasteiger charge is -2.26. The highest BCUT2D eigenvalue weighted by Gasteiger charge is 2.29. The zero-order valence-electron chi connectivity index (χ0n) is 16.8. The molecule has 0 bridgehead atoms. The van der Waals surface area contributed by atoms with Gasteiger partial charge in [0.15, 0.2) is 0 Å². The molecule has 0 aromatic heterocycles. The maximum absolute atomic E-state index is 14.2. The van der Waals surface area contributed by atoms with Crippen LogP contribution in [-0.4, -0.2) is 56.6 Å². The van der Waals surface area contributed by atoms with Crippen LogP contribution in [-0.2, 0) is 19.6 Å². The van der Waals surface area contributed by atoms with Gasteiger partial charge in [0.25, 0.3) is 5.91 Å². The van der Waals surface area contributed by atoms with Crippen molar-refractivity contribution in [2.24, 2.45) is 0 Å². The SMILES string of the molecule is Cc1ccc(SCC(=O)NNC(=O)c2ccc(F)c(S(=O)(=O)N3CCOCC3)c2)cc1. The number of hydrogen-bond acceptors (Lipinski definition) is 6. The van der Waals surface area contributed by atoms with E-state index in [0.717, 1.165) is 33.0 Å². The van der Waals surface area contributed by atoms with Crippen LogP contribution in [0.3, 0.4) is 0 Å². The van der Waals surface area contributed by atoms with Gasteiger partial charge in [-0.15, -0.1) is 11.8 Å². The Morgan fingerprint density at radius 2 is 1.77 bits per heavy atom. The Balaban J connectivity index is 1.60. The molecule has 2 aromatic carbocycles. The van der Waals surface area contributed by atoms with Gasteiger partial charge in [0.1, 0.15) is 10.7 Å². The van der Waals surface area contributed by atoms with E-state index in [1.807, 2.05) is 31.2 Å². The van der Waals surface area contributed by atoms with Gasteiger partial charge >= 0.3 is 0 Å². The largest absolute Gasteiger partial charge is 0.379 e. The quantitative estimate of drug-likeness (QED) is 0.495. The second kappa shape index (κ2) is 10.2. The van der Waals surface area contributed by atoms with E-state index in [2.05, 4.69) is 10.9 Å². The van der Waals surface area contributed by atoms with Gasteiger partial charge in [0.2, 0.25) is 15.9 Å². The maximum Gasteiger partial charge on any atom is 0.269 e. The van der Waals surface area contributed by atoms with Crippen LogP contribution in [0.15, 0.2) is 52.3 Å². The van der Waals surface area contributed by atoms with Gasteiger partial charge in [-0.3, -0.25) is 20.4 Å². The molecule has 0 saturated carbocycles. The summed E-state index contributed by atoms with van der Waals surface area (Å²) < 4.78 is 45.9. The predicted molar refractivity (Wildman–Crippen MR) is 113 cm³/mol. The molecule has 1 saturated heterocycles. The monoisotopic (exact) mass is 467 g/mol. The molecule has 0 unspecified atom stereocenters. The van der Waals surface area contributed by atoms with E-state index in [0.29, 0.717) is 0 Å². The minimum atomic E-state index is -4.11. The Labute approximate surface area is 184 Å². The number of thioether (sulfide) groups is 1. The minimum Gasteiger partial charge on any atom is -0.379 e. The lowest BCUT2D eigenvalue weighted by atomic mass is 10.2. The summed E-state index contributed by atoms with van der Waals surface area (Å²) in [5.74, 6) is -2.08. The number of amides is 2. The van der Waals surface area contributed by atoms with E-state index < -0.39 is 32.6 Å². The summed E-state index contributed by atoms with van der Waals surface area (Å²) in [4.78, 5) is 24.6. The molecule has 0 atom stereocenters. The van der Waals surface area contributed by atoms with Crippen molar-refractivity contribution in [3.63, 3.8) is 0 Å². The smallest absolute Gasteiger partial charge is 0.269 e. The molecule has 1 aliphatic heterocycles. The molecule has 0 spiro atoms. The Morgan fingerprint density at radius 1 is 1.10 bits per heavy atom. The normalized spacial score (nSPS) is 14.8. The number of sulfonamides is 1. The standard InChI is InChI=1S/C20H22FN3O5S2/c1-14-2-5-16(6-3-14)30-13-19(25)22-23-20(26)15-4-7-17(21)18(12-15)31(27,28)24-8-10-29-11-9-24/h2-7,12H,8-11,13H2,1H3,(H,22,25)(H,23,26). The van der Waals surface area contributed by atoms with Crippen LogP contribution < -0.4 is 10.9 Å². The van der Waals surface area contributed by atoms with E-state index in [4.69, 9.17) is 4.74 Å². The van der Waals surface area contributed by atoms with Crippen molar-refractivity contribution < 1.29 is 27.1 Å². The third kappa shape index (κ3) is 6.03. The molecule has 11 heteroatoms. The number of ether oxygens (including phenoxy) is 1. The van der Waals surface area contributed by atoms with Crippen LogP contribution in [0.25, 0.3) is 0 Å². The summed E-state index contributed by atoms with van der Waals surface area (Å²) in [5.41, 5.74) is 5.50. The van der Waals surface area contributed by atoms with Crippen LogP contribution >= 0.6 is 11.8 Å². The fraction of sp³-hybridized carbons (Fsp3) is 0.300. The first-order valence-corrected chi connectivity index (χ1v) is 11.9. The number of halogens is 1. The number of hydrazine groups is 1. The highest BCUT2D eigenvalue weighted by molar-refractivity contribution is 8.00. The second-order valence-electron chi connectivity index (χ2n) is 6.77. The molecule has 2 amide bonds. The highest BCUT2D eigenvalue weighted by Crippen LogP contribution is 2.22. The number of nitrogens with zero attached hydrogens (tertiary/aromatic N) is 1. The van der Waals surface area contributed by atoms with E-state index in [1.54, 1.807) is 0 Å². The Morgan fingerprint density at radius 3 is 2.45 bits per heavy atom. The fourth-order valence-electron chi connectivity index (χ4n) is 2.79. The van der Waals surface area contributed by atoms with Gasteiger partial charge in [0.05, 0.1) is 19.0 Å². The zero-order chi connectivity index (χ0) is 22.4. The van der Waals surface area contributed by atoms with Crippen LogP contribution in [0.4, 0.5) is 4.39 Å². The number of morpholine rings is 1. The van der Waals surface area contributed by atoms with E-state index in [1.165, 1.54) is 11.8 Å². The molecule has 1 heterocycles. The molecule has 0 aliphatic carbocycles. The maximum atomic E-state index is 14.2. The zero-order valence-corrected chi connectivity index (χ0v) is 18.4. The first kappa shape index (κ1) is 23.2. The second-order valence-corrected chi connectivity index (χ2v) is 9.72. The molecular weight excluding hydrogens is 445 g/mol. The van der Waals surface area contributed by atoms with Gasteiger partial charge in [-0.05, 0) is 37.3 Å². The van der Waals surface area contributed by atoms with Crippen molar-refractivity contribution >= 4 is 33.6 Å². The van der Waals surface area contributed by atoms with Crippen molar-refractivity contribution in [1.29, 1.82) is 0 Å². The fourth-order valence-corrected chi connectivity index (χ4v) is 4.98. The van der Waals surface area contributed by atoms with Crippen LogP contribution in [0.5, 0.6) is 0 Å². The number of rotatable bonds is 6. The van der Waals surface area contributed by atoms with Gasteiger partial charge in [0, 0.05) is 23.5 Å². The van der Waals surface area contributed by atoms with E-state index in [9.17, 15) is 22.4 Å². The van der Waals surface area contributed by atoms with Crippen molar-refractivity contribution in [3.8, 4) is 0 Å². The number of carbonyl (C=O) groups is 2. The van der Waals surface area contributed by atoms with Crippen LogP contribution in [0.2, 0.25) is 0 Å². The molecular formula is C20H22FN3O5S2. The van der Waals surface area contributed by atoms with Gasteiger partial charge in [-0.2, -0.15) is 4.31 Å². The van der Waals surface area contributed by atoms with Crippen molar-refractivity contribution in [2.75, 3.05) is 32.1 Å². The summed E-state index contributed by atoms with van der Waals surface area (Å²) in [5, 5.41) is 0. The average Bonchev–Trinajstić information content (AvgIpc) is 2.78. The number of aryl methyl sites for hydroxylation is 1. The molecule has 3 rings (SSSR count). The molecule has 8 nitrogen and oxygen atoms in total. The molecule has 1 fully saturated rings. The first-order chi connectivity index (χ1) is 14.8.